The molecule has 0 atom stereocenters. The molecule has 0 saturated carbocycles. The standard InChI is InChI=1S/C13H16BrNO4/c1-19-11-7-9(14)6-10(8-11)15-12(16)4-2-3-5-13(17)18/h6-8H,2-5H2,1H3,(H,15,16)(H,17,18). The Morgan fingerprint density at radius 3 is 2.58 bits per heavy atom. The number of carbonyl (C=O) groups excluding carboxylic acids is 1. The van der Waals surface area contributed by atoms with Gasteiger partial charge < -0.3 is 15.2 Å². The van der Waals surface area contributed by atoms with Crippen molar-refractivity contribution in [2.45, 2.75) is 25.7 Å². The topological polar surface area (TPSA) is 75.6 Å². The average Bonchev–Trinajstić information content (AvgIpc) is 2.33. The molecule has 0 heterocycles. The number of halogens is 1. The van der Waals surface area contributed by atoms with Crippen LogP contribution in [0.4, 0.5) is 5.69 Å². The number of carboxylic acids is 1. The minimum atomic E-state index is -0.836. The van der Waals surface area contributed by atoms with Crippen LogP contribution in [-0.2, 0) is 9.59 Å². The van der Waals surface area contributed by atoms with Crippen LogP contribution in [0.25, 0.3) is 0 Å². The molecule has 0 aliphatic heterocycles. The summed E-state index contributed by atoms with van der Waals surface area (Å²) in [5.74, 6) is -0.321. The quantitative estimate of drug-likeness (QED) is 0.754. The molecule has 0 aliphatic carbocycles. The van der Waals surface area contributed by atoms with Gasteiger partial charge in [0.15, 0.2) is 0 Å². The molecular formula is C13H16BrNO4. The smallest absolute Gasteiger partial charge is 0.303 e. The van der Waals surface area contributed by atoms with E-state index in [1.54, 1.807) is 25.3 Å². The number of hydrogen-bond donors (Lipinski definition) is 2. The van der Waals surface area contributed by atoms with Crippen molar-refractivity contribution in [3.63, 3.8) is 0 Å². The van der Waals surface area contributed by atoms with Gasteiger partial charge in [-0.1, -0.05) is 15.9 Å². The third kappa shape index (κ3) is 6.24. The zero-order valence-corrected chi connectivity index (χ0v) is 12.2. The van der Waals surface area contributed by atoms with E-state index in [1.165, 1.54) is 0 Å². The highest BCUT2D eigenvalue weighted by molar-refractivity contribution is 9.10. The number of hydrogen-bond acceptors (Lipinski definition) is 3. The number of methoxy groups -OCH3 is 1. The minimum absolute atomic E-state index is 0.0952. The van der Waals surface area contributed by atoms with Gasteiger partial charge in [-0.25, -0.2) is 0 Å². The molecule has 1 aromatic carbocycles. The van der Waals surface area contributed by atoms with Gasteiger partial charge in [-0.15, -0.1) is 0 Å². The number of nitrogens with one attached hydrogen (secondary N) is 1. The van der Waals surface area contributed by atoms with E-state index in [1.807, 2.05) is 0 Å². The molecule has 104 valence electrons. The Hall–Kier alpha value is -1.56. The molecule has 19 heavy (non-hydrogen) atoms. The van der Waals surface area contributed by atoms with E-state index < -0.39 is 5.97 Å². The van der Waals surface area contributed by atoms with Crippen molar-refractivity contribution < 1.29 is 19.4 Å². The van der Waals surface area contributed by atoms with Crippen molar-refractivity contribution >= 4 is 33.5 Å². The zero-order chi connectivity index (χ0) is 14.3. The summed E-state index contributed by atoms with van der Waals surface area (Å²) in [6.07, 6.45) is 1.47. The molecule has 0 radical (unpaired) electrons. The average molecular weight is 330 g/mol. The van der Waals surface area contributed by atoms with Crippen LogP contribution in [0.1, 0.15) is 25.7 Å². The van der Waals surface area contributed by atoms with Gasteiger partial charge in [0.1, 0.15) is 5.75 Å². The summed E-state index contributed by atoms with van der Waals surface area (Å²) in [5.41, 5.74) is 0.648. The fourth-order valence-corrected chi connectivity index (χ4v) is 2.01. The zero-order valence-electron chi connectivity index (χ0n) is 10.6. The van der Waals surface area contributed by atoms with Gasteiger partial charge in [-0.3, -0.25) is 9.59 Å². The lowest BCUT2D eigenvalue weighted by Crippen LogP contribution is -2.11. The summed E-state index contributed by atoms with van der Waals surface area (Å²) in [6.45, 7) is 0. The maximum absolute atomic E-state index is 11.7. The highest BCUT2D eigenvalue weighted by Crippen LogP contribution is 2.24. The normalized spacial score (nSPS) is 10.0. The molecular weight excluding hydrogens is 314 g/mol. The largest absolute Gasteiger partial charge is 0.497 e. The fraction of sp³-hybridized carbons (Fsp3) is 0.385. The highest BCUT2D eigenvalue weighted by Gasteiger charge is 2.05. The molecule has 0 spiro atoms. The third-order valence-corrected chi connectivity index (χ3v) is 2.89. The lowest BCUT2D eigenvalue weighted by atomic mass is 10.2. The molecule has 0 fully saturated rings. The van der Waals surface area contributed by atoms with E-state index in [0.29, 0.717) is 30.7 Å². The van der Waals surface area contributed by atoms with Crippen molar-refractivity contribution in [3.8, 4) is 5.75 Å². The predicted octanol–water partition coefficient (Wildman–Crippen LogP) is 3.04. The second-order valence-electron chi connectivity index (χ2n) is 4.03. The van der Waals surface area contributed by atoms with Gasteiger partial charge >= 0.3 is 5.97 Å². The predicted molar refractivity (Wildman–Crippen MR) is 75.4 cm³/mol. The first-order chi connectivity index (χ1) is 9.01. The van der Waals surface area contributed by atoms with Crippen LogP contribution in [-0.4, -0.2) is 24.1 Å². The van der Waals surface area contributed by atoms with Crippen molar-refractivity contribution in [1.82, 2.24) is 0 Å². The molecule has 5 nitrogen and oxygen atoms in total. The summed E-state index contributed by atoms with van der Waals surface area (Å²) >= 11 is 3.33. The molecule has 0 aromatic heterocycles. The summed E-state index contributed by atoms with van der Waals surface area (Å²) in [6, 6.07) is 5.29. The van der Waals surface area contributed by atoms with Crippen LogP contribution >= 0.6 is 15.9 Å². The van der Waals surface area contributed by atoms with E-state index in [-0.39, 0.29) is 12.3 Å². The summed E-state index contributed by atoms with van der Waals surface area (Å²) in [7, 11) is 1.55. The van der Waals surface area contributed by atoms with E-state index in [2.05, 4.69) is 21.2 Å². The van der Waals surface area contributed by atoms with Crippen LogP contribution in [0.2, 0.25) is 0 Å². The Bertz CT molecular complexity index is 462. The second kappa shape index (κ2) is 7.78. The monoisotopic (exact) mass is 329 g/mol. The van der Waals surface area contributed by atoms with Gasteiger partial charge in [0.2, 0.25) is 5.91 Å². The number of carboxylic acid groups (broad SMARTS) is 1. The van der Waals surface area contributed by atoms with Crippen molar-refractivity contribution in [2.24, 2.45) is 0 Å². The molecule has 1 aromatic rings. The first-order valence-electron chi connectivity index (χ1n) is 5.87. The number of carbonyl (C=O) groups is 2. The van der Waals surface area contributed by atoms with Gasteiger partial charge in [0.25, 0.3) is 0 Å². The Kier molecular flexibility index (Phi) is 6.35. The van der Waals surface area contributed by atoms with E-state index in [0.717, 1.165) is 4.47 Å². The van der Waals surface area contributed by atoms with E-state index >= 15 is 0 Å². The Morgan fingerprint density at radius 1 is 1.26 bits per heavy atom. The molecule has 1 rings (SSSR count). The Labute approximate surface area is 120 Å². The summed E-state index contributed by atoms with van der Waals surface area (Å²) in [5, 5.41) is 11.2. The SMILES string of the molecule is COc1cc(Br)cc(NC(=O)CCCCC(=O)O)c1. The minimum Gasteiger partial charge on any atom is -0.497 e. The summed E-state index contributed by atoms with van der Waals surface area (Å²) < 4.78 is 5.91. The Morgan fingerprint density at radius 2 is 1.95 bits per heavy atom. The first kappa shape index (κ1) is 15.5. The highest BCUT2D eigenvalue weighted by atomic mass is 79.9. The fourth-order valence-electron chi connectivity index (χ4n) is 1.54. The summed E-state index contributed by atoms with van der Waals surface area (Å²) in [4.78, 5) is 22.0. The maximum atomic E-state index is 11.7. The number of anilines is 1. The van der Waals surface area contributed by atoms with E-state index in [4.69, 9.17) is 9.84 Å². The molecule has 2 N–H and O–H groups in total. The van der Waals surface area contributed by atoms with Crippen molar-refractivity contribution in [1.29, 1.82) is 0 Å². The lowest BCUT2D eigenvalue weighted by Gasteiger charge is -2.08. The van der Waals surface area contributed by atoms with Crippen LogP contribution < -0.4 is 10.1 Å². The number of benzene rings is 1. The van der Waals surface area contributed by atoms with Crippen molar-refractivity contribution in [2.75, 3.05) is 12.4 Å². The van der Waals surface area contributed by atoms with Gasteiger partial charge in [0.05, 0.1) is 7.11 Å². The lowest BCUT2D eigenvalue weighted by molar-refractivity contribution is -0.137. The van der Waals surface area contributed by atoms with Crippen molar-refractivity contribution in [3.05, 3.63) is 22.7 Å². The van der Waals surface area contributed by atoms with Crippen LogP contribution in [0.3, 0.4) is 0 Å². The van der Waals surface area contributed by atoms with E-state index in [9.17, 15) is 9.59 Å². The molecule has 1 amide bonds. The number of unbranched alkanes of at least 4 members (excludes halogenated alkanes) is 1. The molecule has 0 bridgehead atoms. The number of amides is 1. The number of aliphatic carboxylic acids is 1. The first-order valence-corrected chi connectivity index (χ1v) is 6.67. The second-order valence-corrected chi connectivity index (χ2v) is 4.94. The molecule has 0 aliphatic rings. The van der Waals surface area contributed by atoms with Gasteiger partial charge in [-0.2, -0.15) is 0 Å². The van der Waals surface area contributed by atoms with Crippen LogP contribution in [0, 0.1) is 0 Å². The number of rotatable bonds is 7. The number of ether oxygens (including phenoxy) is 1. The van der Waals surface area contributed by atoms with Crippen LogP contribution in [0.5, 0.6) is 5.75 Å². The Balaban J connectivity index is 2.43. The maximum Gasteiger partial charge on any atom is 0.303 e. The molecule has 0 saturated heterocycles. The van der Waals surface area contributed by atoms with Gasteiger partial charge in [-0.05, 0) is 25.0 Å². The molecule has 6 heteroatoms. The third-order valence-electron chi connectivity index (χ3n) is 2.44. The van der Waals surface area contributed by atoms with Crippen LogP contribution in [0.15, 0.2) is 22.7 Å². The van der Waals surface area contributed by atoms with Gasteiger partial charge in [0, 0.05) is 29.1 Å². The molecule has 0 unspecified atom stereocenters.